The van der Waals surface area contributed by atoms with E-state index >= 15 is 0 Å². The molecule has 6 nitrogen and oxygen atoms in total. The van der Waals surface area contributed by atoms with Crippen LogP contribution in [-0.4, -0.2) is 49.9 Å². The highest BCUT2D eigenvalue weighted by Gasteiger charge is 2.31. The molecule has 2 atom stereocenters. The third-order valence-electron chi connectivity index (χ3n) is 5.86. The molecule has 1 aromatic heterocycles. The summed E-state index contributed by atoms with van der Waals surface area (Å²) in [6.07, 6.45) is 1.65. The molecule has 0 aliphatic carbocycles. The number of hydrogen-bond acceptors (Lipinski definition) is 4. The van der Waals surface area contributed by atoms with E-state index in [2.05, 4.69) is 51.1 Å². The Morgan fingerprint density at radius 2 is 2.00 bits per heavy atom. The van der Waals surface area contributed by atoms with Crippen molar-refractivity contribution in [2.75, 3.05) is 31.7 Å². The summed E-state index contributed by atoms with van der Waals surface area (Å²) in [6.45, 7) is 10.9. The Balaban J connectivity index is 1.53. The lowest BCUT2D eigenvalue weighted by molar-refractivity contribution is -0.894. The first-order valence-electron chi connectivity index (χ1n) is 10.4. The van der Waals surface area contributed by atoms with Crippen LogP contribution in [0.2, 0.25) is 0 Å². The molecular formula is C22H34N3O3S+. The van der Waals surface area contributed by atoms with E-state index in [1.165, 1.54) is 21.6 Å². The first kappa shape index (κ1) is 21.8. The molecule has 160 valence electrons. The summed E-state index contributed by atoms with van der Waals surface area (Å²) in [5, 5.41) is 4.68. The number of benzene rings is 1. The predicted molar refractivity (Wildman–Crippen MR) is 115 cm³/mol. The number of ether oxygens (including phenoxy) is 1. The quantitative estimate of drug-likeness (QED) is 0.663. The van der Waals surface area contributed by atoms with Gasteiger partial charge in [-0.1, -0.05) is 12.1 Å². The maximum Gasteiger partial charge on any atom is 0.152 e. The fourth-order valence-corrected chi connectivity index (χ4v) is 5.78. The minimum absolute atomic E-state index is 0.0151. The normalized spacial score (nSPS) is 19.4. The minimum Gasteiger partial charge on any atom is -0.493 e. The lowest BCUT2D eigenvalue weighted by atomic mass is 10.1. The highest BCUT2D eigenvalue weighted by molar-refractivity contribution is 7.91. The molecule has 0 amide bonds. The molecule has 29 heavy (non-hydrogen) atoms. The van der Waals surface area contributed by atoms with Gasteiger partial charge in [0.25, 0.3) is 0 Å². The number of nitrogens with zero attached hydrogens (tertiary/aromatic N) is 2. The molecule has 2 heterocycles. The third-order valence-corrected chi connectivity index (χ3v) is 7.61. The van der Waals surface area contributed by atoms with Crippen LogP contribution in [0.25, 0.3) is 0 Å². The molecular weight excluding hydrogens is 386 g/mol. The van der Waals surface area contributed by atoms with E-state index in [-0.39, 0.29) is 17.5 Å². The zero-order valence-electron chi connectivity index (χ0n) is 18.3. The molecule has 0 radical (unpaired) electrons. The van der Waals surface area contributed by atoms with Crippen molar-refractivity contribution in [3.05, 3.63) is 46.3 Å². The zero-order chi connectivity index (χ0) is 21.2. The van der Waals surface area contributed by atoms with E-state index in [4.69, 9.17) is 4.74 Å². The molecule has 1 saturated heterocycles. The second kappa shape index (κ2) is 8.88. The summed E-state index contributed by atoms with van der Waals surface area (Å²) in [5.74, 6) is 1.46. The average Bonchev–Trinajstić information content (AvgIpc) is 3.15. The van der Waals surface area contributed by atoms with Gasteiger partial charge in [-0.25, -0.2) is 8.42 Å². The van der Waals surface area contributed by atoms with E-state index < -0.39 is 9.84 Å². The van der Waals surface area contributed by atoms with Gasteiger partial charge >= 0.3 is 0 Å². The molecule has 1 aromatic carbocycles. The van der Waals surface area contributed by atoms with Gasteiger partial charge in [0.2, 0.25) is 0 Å². The highest BCUT2D eigenvalue weighted by Crippen LogP contribution is 2.26. The van der Waals surface area contributed by atoms with Gasteiger partial charge in [0.1, 0.15) is 12.3 Å². The van der Waals surface area contributed by atoms with Gasteiger partial charge in [-0.2, -0.15) is 5.10 Å². The Morgan fingerprint density at radius 1 is 1.24 bits per heavy atom. The Labute approximate surface area is 174 Å². The molecule has 1 aliphatic rings. The maximum absolute atomic E-state index is 11.8. The van der Waals surface area contributed by atoms with E-state index in [1.807, 2.05) is 11.6 Å². The molecule has 1 N–H and O–H groups in total. The second-order valence-electron chi connectivity index (χ2n) is 8.51. The van der Waals surface area contributed by atoms with Crippen LogP contribution >= 0.6 is 0 Å². The van der Waals surface area contributed by atoms with Crippen molar-refractivity contribution in [3.63, 3.8) is 0 Å². The van der Waals surface area contributed by atoms with Crippen LogP contribution in [0, 0.1) is 27.7 Å². The average molecular weight is 421 g/mol. The van der Waals surface area contributed by atoms with E-state index in [1.54, 1.807) is 0 Å². The van der Waals surface area contributed by atoms with Gasteiger partial charge in [-0.3, -0.25) is 4.68 Å². The van der Waals surface area contributed by atoms with E-state index in [9.17, 15) is 8.42 Å². The fraction of sp³-hybridized carbons (Fsp3) is 0.591. The molecule has 0 saturated carbocycles. The number of quaternary nitrogens is 1. The second-order valence-corrected chi connectivity index (χ2v) is 10.7. The van der Waals surface area contributed by atoms with Crippen LogP contribution in [-0.2, 0) is 16.4 Å². The number of sulfone groups is 1. The standard InChI is InChI=1S/C22H33N3O3S/c1-16-7-8-17(2)22(13-16)28-11-6-10-24(5)14-21-18(3)23-25(19(21)4)20-9-12-29(26,27)15-20/h7-8,13,20H,6,9-12,14-15H2,1-5H3/p+1/t20-/m0/s1. The van der Waals surface area contributed by atoms with Gasteiger partial charge in [-0.15, -0.1) is 0 Å². The van der Waals surface area contributed by atoms with Crippen LogP contribution in [0.5, 0.6) is 5.75 Å². The third kappa shape index (κ3) is 5.39. The summed E-state index contributed by atoms with van der Waals surface area (Å²) >= 11 is 0. The lowest BCUT2D eigenvalue weighted by Gasteiger charge is -2.16. The zero-order valence-corrected chi connectivity index (χ0v) is 19.1. The van der Waals surface area contributed by atoms with E-state index in [0.29, 0.717) is 13.0 Å². The number of aryl methyl sites for hydroxylation is 3. The maximum atomic E-state index is 11.8. The monoisotopic (exact) mass is 420 g/mol. The minimum atomic E-state index is -2.91. The highest BCUT2D eigenvalue weighted by atomic mass is 32.2. The Hall–Kier alpha value is -1.86. The topological polar surface area (TPSA) is 65.6 Å². The van der Waals surface area contributed by atoms with Crippen molar-refractivity contribution in [2.45, 2.75) is 53.1 Å². The van der Waals surface area contributed by atoms with Crippen molar-refractivity contribution in [1.82, 2.24) is 9.78 Å². The molecule has 2 aromatic rings. The van der Waals surface area contributed by atoms with Crippen molar-refractivity contribution in [2.24, 2.45) is 0 Å². The molecule has 1 fully saturated rings. The largest absolute Gasteiger partial charge is 0.493 e. The Bertz CT molecular complexity index is 966. The van der Waals surface area contributed by atoms with Gasteiger partial charge < -0.3 is 9.64 Å². The molecule has 1 aliphatic heterocycles. The van der Waals surface area contributed by atoms with Gasteiger partial charge in [-0.05, 0) is 51.3 Å². The first-order valence-corrected chi connectivity index (χ1v) is 12.2. The van der Waals surface area contributed by atoms with Gasteiger partial charge in [0.15, 0.2) is 9.84 Å². The molecule has 0 bridgehead atoms. The summed E-state index contributed by atoms with van der Waals surface area (Å²) in [6, 6.07) is 6.28. The Morgan fingerprint density at radius 3 is 2.69 bits per heavy atom. The van der Waals surface area contributed by atoms with Gasteiger partial charge in [0.05, 0.1) is 49.0 Å². The van der Waals surface area contributed by atoms with Crippen LogP contribution in [0.15, 0.2) is 18.2 Å². The van der Waals surface area contributed by atoms with Crippen LogP contribution in [0.1, 0.15) is 47.0 Å². The Kier molecular flexibility index (Phi) is 6.69. The smallest absolute Gasteiger partial charge is 0.152 e. The predicted octanol–water partition coefficient (Wildman–Crippen LogP) is 1.96. The van der Waals surface area contributed by atoms with Crippen LogP contribution < -0.4 is 9.64 Å². The van der Waals surface area contributed by atoms with Crippen molar-refractivity contribution in [3.8, 4) is 5.75 Å². The molecule has 3 rings (SSSR count). The van der Waals surface area contributed by atoms with Crippen LogP contribution in [0.4, 0.5) is 0 Å². The molecule has 0 spiro atoms. The number of nitrogens with one attached hydrogen (secondary N) is 1. The SMILES string of the molecule is Cc1ccc(C)c(OCCC[NH+](C)Cc2c(C)nn([C@H]3CCS(=O)(=O)C3)c2C)c1. The molecule has 7 heteroatoms. The number of aromatic nitrogens is 2. The first-order chi connectivity index (χ1) is 13.7. The lowest BCUT2D eigenvalue weighted by Crippen LogP contribution is -3.07. The summed E-state index contributed by atoms with van der Waals surface area (Å²) in [7, 11) is -0.722. The van der Waals surface area contributed by atoms with Crippen molar-refractivity contribution in [1.29, 1.82) is 0 Å². The van der Waals surface area contributed by atoms with Crippen molar-refractivity contribution >= 4 is 9.84 Å². The summed E-state index contributed by atoms with van der Waals surface area (Å²) in [4.78, 5) is 1.40. The summed E-state index contributed by atoms with van der Waals surface area (Å²) in [5.41, 5.74) is 5.74. The van der Waals surface area contributed by atoms with Crippen molar-refractivity contribution < 1.29 is 18.1 Å². The van der Waals surface area contributed by atoms with E-state index in [0.717, 1.165) is 36.6 Å². The fourth-order valence-electron chi connectivity index (χ4n) is 4.09. The summed E-state index contributed by atoms with van der Waals surface area (Å²) < 4.78 is 31.6. The van der Waals surface area contributed by atoms with Gasteiger partial charge in [0, 0.05) is 12.1 Å². The number of hydrogen-bond donors (Lipinski definition) is 1. The molecule has 1 unspecified atom stereocenters. The van der Waals surface area contributed by atoms with Crippen LogP contribution in [0.3, 0.4) is 0 Å². The number of rotatable bonds is 8.